The van der Waals surface area contributed by atoms with Crippen LogP contribution in [0.25, 0.3) is 5.69 Å². The molecular weight excluding hydrogens is 238 g/mol. The number of halogens is 1. The van der Waals surface area contributed by atoms with Crippen molar-refractivity contribution in [3.05, 3.63) is 30.3 Å². The molecule has 17 heavy (non-hydrogen) atoms. The summed E-state index contributed by atoms with van der Waals surface area (Å²) in [6, 6.07) is 10.2. The zero-order valence-corrected chi connectivity index (χ0v) is 9.88. The van der Waals surface area contributed by atoms with Gasteiger partial charge in [0.15, 0.2) is 0 Å². The van der Waals surface area contributed by atoms with E-state index < -0.39 is 0 Å². The SMILES string of the molecule is ClC1CC(Nc2nnnn2-c2ccccc2)C1. The number of para-hydroxylation sites is 1. The van der Waals surface area contributed by atoms with E-state index in [2.05, 4.69) is 20.8 Å². The molecule has 3 rings (SSSR count). The molecule has 0 aliphatic heterocycles. The summed E-state index contributed by atoms with van der Waals surface area (Å²) in [6.45, 7) is 0. The Morgan fingerprint density at radius 2 is 2.00 bits per heavy atom. The van der Waals surface area contributed by atoms with Crippen LogP contribution in [0, 0.1) is 0 Å². The minimum atomic E-state index is 0.286. The van der Waals surface area contributed by atoms with Crippen molar-refractivity contribution in [3.8, 4) is 5.69 Å². The van der Waals surface area contributed by atoms with Gasteiger partial charge in [-0.2, -0.15) is 4.68 Å². The van der Waals surface area contributed by atoms with Crippen LogP contribution in [0.15, 0.2) is 30.3 Å². The van der Waals surface area contributed by atoms with E-state index in [1.165, 1.54) is 0 Å². The second kappa shape index (κ2) is 4.33. The third-order valence-corrected chi connectivity index (χ3v) is 3.24. The maximum atomic E-state index is 5.94. The van der Waals surface area contributed by atoms with Crippen molar-refractivity contribution >= 4 is 17.5 Å². The molecule has 0 saturated heterocycles. The molecule has 1 N–H and O–H groups in total. The van der Waals surface area contributed by atoms with Crippen LogP contribution in [0.2, 0.25) is 0 Å². The number of rotatable bonds is 3. The van der Waals surface area contributed by atoms with Gasteiger partial charge in [0.25, 0.3) is 0 Å². The lowest BCUT2D eigenvalue weighted by atomic mass is 9.93. The largest absolute Gasteiger partial charge is 0.350 e. The quantitative estimate of drug-likeness (QED) is 0.844. The normalized spacial score (nSPS) is 23.1. The summed E-state index contributed by atoms with van der Waals surface area (Å²) in [6.07, 6.45) is 1.92. The van der Waals surface area contributed by atoms with E-state index in [4.69, 9.17) is 11.6 Å². The van der Waals surface area contributed by atoms with Gasteiger partial charge in [-0.05, 0) is 35.4 Å². The summed E-state index contributed by atoms with van der Waals surface area (Å²) >= 11 is 5.94. The van der Waals surface area contributed by atoms with Crippen LogP contribution in [0.4, 0.5) is 5.95 Å². The second-order valence-electron chi connectivity index (χ2n) is 4.16. The summed E-state index contributed by atoms with van der Waals surface area (Å²) < 4.78 is 1.70. The fraction of sp³-hybridized carbons (Fsp3) is 0.364. The lowest BCUT2D eigenvalue weighted by Gasteiger charge is -2.31. The molecule has 1 aliphatic rings. The van der Waals surface area contributed by atoms with Crippen molar-refractivity contribution < 1.29 is 0 Å². The number of benzene rings is 1. The number of tetrazole rings is 1. The number of hydrogen-bond donors (Lipinski definition) is 1. The zero-order valence-electron chi connectivity index (χ0n) is 9.12. The standard InChI is InChI=1S/C11H12ClN5/c12-8-6-9(7-8)13-11-14-15-16-17(11)10-4-2-1-3-5-10/h1-5,8-9H,6-7H2,(H,13,14,16). The van der Waals surface area contributed by atoms with Crippen LogP contribution in [-0.2, 0) is 0 Å². The first-order valence-corrected chi connectivity index (χ1v) is 6.01. The monoisotopic (exact) mass is 249 g/mol. The van der Waals surface area contributed by atoms with Crippen LogP contribution in [0.1, 0.15) is 12.8 Å². The van der Waals surface area contributed by atoms with Crippen LogP contribution in [0.5, 0.6) is 0 Å². The van der Waals surface area contributed by atoms with Crippen LogP contribution >= 0.6 is 11.6 Å². The Morgan fingerprint density at radius 3 is 2.71 bits per heavy atom. The molecule has 0 atom stereocenters. The summed E-state index contributed by atoms with van der Waals surface area (Å²) in [5.74, 6) is 0.671. The molecule has 0 bridgehead atoms. The molecule has 2 aromatic rings. The number of anilines is 1. The summed E-state index contributed by atoms with van der Waals surface area (Å²) in [5.41, 5.74) is 0.946. The average Bonchev–Trinajstić information content (AvgIpc) is 2.76. The predicted octanol–water partition coefficient (Wildman–Crippen LogP) is 1.84. The molecule has 1 aromatic carbocycles. The molecular formula is C11H12ClN5. The fourth-order valence-corrected chi connectivity index (χ4v) is 2.30. The molecule has 5 nitrogen and oxygen atoms in total. The fourth-order valence-electron chi connectivity index (χ4n) is 1.87. The number of hydrogen-bond acceptors (Lipinski definition) is 4. The van der Waals surface area contributed by atoms with Crippen molar-refractivity contribution in [1.82, 2.24) is 20.2 Å². The highest BCUT2D eigenvalue weighted by atomic mass is 35.5. The van der Waals surface area contributed by atoms with E-state index in [1.54, 1.807) is 4.68 Å². The summed E-state index contributed by atoms with van der Waals surface area (Å²) in [4.78, 5) is 0. The average molecular weight is 250 g/mol. The molecule has 0 spiro atoms. The van der Waals surface area contributed by atoms with E-state index in [0.717, 1.165) is 18.5 Å². The van der Waals surface area contributed by atoms with Crippen LogP contribution < -0.4 is 5.32 Å². The first-order chi connectivity index (χ1) is 8.33. The van der Waals surface area contributed by atoms with Crippen molar-refractivity contribution in [3.63, 3.8) is 0 Å². The van der Waals surface area contributed by atoms with E-state index in [-0.39, 0.29) is 5.38 Å². The highest BCUT2D eigenvalue weighted by Crippen LogP contribution is 2.28. The maximum absolute atomic E-state index is 5.94. The highest BCUT2D eigenvalue weighted by Gasteiger charge is 2.28. The van der Waals surface area contributed by atoms with E-state index in [1.807, 2.05) is 30.3 Å². The van der Waals surface area contributed by atoms with Crippen molar-refractivity contribution in [2.45, 2.75) is 24.3 Å². The topological polar surface area (TPSA) is 55.6 Å². The van der Waals surface area contributed by atoms with Crippen LogP contribution in [0.3, 0.4) is 0 Å². The maximum Gasteiger partial charge on any atom is 0.247 e. The van der Waals surface area contributed by atoms with Crippen molar-refractivity contribution in [2.75, 3.05) is 5.32 Å². The molecule has 1 fully saturated rings. The van der Waals surface area contributed by atoms with Gasteiger partial charge < -0.3 is 5.32 Å². The Balaban J connectivity index is 1.80. The molecule has 6 heteroatoms. The number of alkyl halides is 1. The van der Waals surface area contributed by atoms with E-state index in [9.17, 15) is 0 Å². The minimum Gasteiger partial charge on any atom is -0.350 e. The van der Waals surface area contributed by atoms with Gasteiger partial charge in [-0.1, -0.05) is 23.3 Å². The molecule has 88 valence electrons. The number of nitrogens with zero attached hydrogens (tertiary/aromatic N) is 4. The Hall–Kier alpha value is -1.62. The number of nitrogens with one attached hydrogen (secondary N) is 1. The third kappa shape index (κ3) is 2.10. The van der Waals surface area contributed by atoms with Crippen molar-refractivity contribution in [1.29, 1.82) is 0 Å². The van der Waals surface area contributed by atoms with E-state index in [0.29, 0.717) is 12.0 Å². The van der Waals surface area contributed by atoms with Gasteiger partial charge in [-0.3, -0.25) is 0 Å². The minimum absolute atomic E-state index is 0.286. The summed E-state index contributed by atoms with van der Waals surface area (Å²) in [7, 11) is 0. The molecule has 1 saturated carbocycles. The first-order valence-electron chi connectivity index (χ1n) is 5.57. The first kappa shape index (κ1) is 10.5. The molecule has 1 aliphatic carbocycles. The Labute approximate surface area is 104 Å². The van der Waals surface area contributed by atoms with Gasteiger partial charge in [0, 0.05) is 11.4 Å². The lowest BCUT2D eigenvalue weighted by Crippen LogP contribution is -2.36. The molecule has 1 aromatic heterocycles. The smallest absolute Gasteiger partial charge is 0.247 e. The highest BCUT2D eigenvalue weighted by molar-refractivity contribution is 6.21. The van der Waals surface area contributed by atoms with Crippen LogP contribution in [-0.4, -0.2) is 31.6 Å². The molecule has 0 amide bonds. The Kier molecular flexibility index (Phi) is 2.68. The van der Waals surface area contributed by atoms with Gasteiger partial charge in [-0.25, -0.2) is 0 Å². The second-order valence-corrected chi connectivity index (χ2v) is 4.78. The van der Waals surface area contributed by atoms with E-state index >= 15 is 0 Å². The van der Waals surface area contributed by atoms with Gasteiger partial charge in [0.05, 0.1) is 5.69 Å². The Bertz CT molecular complexity index is 492. The van der Waals surface area contributed by atoms with Gasteiger partial charge in [0.1, 0.15) is 0 Å². The summed E-state index contributed by atoms with van der Waals surface area (Å²) in [5, 5.41) is 15.2. The predicted molar refractivity (Wildman–Crippen MR) is 65.4 cm³/mol. The molecule has 1 heterocycles. The molecule has 0 unspecified atom stereocenters. The lowest BCUT2D eigenvalue weighted by molar-refractivity contribution is 0.451. The molecule has 0 radical (unpaired) electrons. The van der Waals surface area contributed by atoms with Gasteiger partial charge in [-0.15, -0.1) is 11.6 Å². The van der Waals surface area contributed by atoms with Crippen molar-refractivity contribution in [2.24, 2.45) is 0 Å². The number of aromatic nitrogens is 4. The zero-order chi connectivity index (χ0) is 11.7. The third-order valence-electron chi connectivity index (χ3n) is 2.88. The van der Waals surface area contributed by atoms with Gasteiger partial charge in [0.2, 0.25) is 5.95 Å². The Morgan fingerprint density at radius 1 is 1.24 bits per heavy atom. The van der Waals surface area contributed by atoms with Gasteiger partial charge >= 0.3 is 0 Å².